The van der Waals surface area contributed by atoms with Crippen LogP contribution in [0.15, 0.2) is 48.5 Å². The number of carbonyl (C=O) groups excluding carboxylic acids is 2. The molecule has 3 N–H and O–H groups in total. The van der Waals surface area contributed by atoms with Crippen molar-refractivity contribution in [3.8, 4) is 0 Å². The van der Waals surface area contributed by atoms with E-state index in [1.165, 1.54) is 25.2 Å². The van der Waals surface area contributed by atoms with Crippen LogP contribution in [-0.2, 0) is 4.79 Å². The van der Waals surface area contributed by atoms with Crippen LogP contribution in [-0.4, -0.2) is 23.2 Å². The highest BCUT2D eigenvalue weighted by atomic mass is 35.5. The van der Waals surface area contributed by atoms with E-state index in [1.54, 1.807) is 18.2 Å². The molecular weight excluding hydrogens is 578 g/mol. The zero-order valence-electron chi connectivity index (χ0n) is 18.2. The number of hydrogen-bond acceptors (Lipinski definition) is 3. The van der Waals surface area contributed by atoms with Crippen LogP contribution in [0.1, 0.15) is 21.8 Å². The Bertz CT molecular complexity index is 1390. The maximum Gasteiger partial charge on any atom is 0.257 e. The van der Waals surface area contributed by atoms with E-state index < -0.39 is 39.6 Å². The van der Waals surface area contributed by atoms with E-state index in [4.69, 9.17) is 58.0 Å². The lowest BCUT2D eigenvalue weighted by Crippen LogP contribution is -2.18. The molecule has 0 aliphatic heterocycles. The number of anilines is 3. The molecule has 0 aromatic heterocycles. The van der Waals surface area contributed by atoms with Gasteiger partial charge in [-0.05, 0) is 42.0 Å². The molecular formula is C24H16Cl5F2N3O2. The molecule has 1 aliphatic rings. The first-order valence-electron chi connectivity index (χ1n) is 10.3. The first-order chi connectivity index (χ1) is 16.9. The van der Waals surface area contributed by atoms with Crippen LogP contribution in [0.25, 0.3) is 0 Å². The summed E-state index contributed by atoms with van der Waals surface area (Å²) in [6.07, 6.45) is 0. The molecule has 5 nitrogen and oxygen atoms in total. The molecule has 1 saturated carbocycles. The van der Waals surface area contributed by atoms with E-state index in [-0.39, 0.29) is 27.6 Å². The van der Waals surface area contributed by atoms with Gasteiger partial charge in [-0.3, -0.25) is 9.59 Å². The second-order valence-corrected chi connectivity index (χ2v) is 10.7. The van der Waals surface area contributed by atoms with Gasteiger partial charge in [-0.25, -0.2) is 8.78 Å². The minimum absolute atomic E-state index is 0.00888. The lowest BCUT2D eigenvalue weighted by atomic mass is 10.1. The Morgan fingerprint density at radius 2 is 1.50 bits per heavy atom. The molecule has 12 heteroatoms. The Hall–Kier alpha value is -2.29. The summed E-state index contributed by atoms with van der Waals surface area (Å²) in [7, 11) is 1.45. The summed E-state index contributed by atoms with van der Waals surface area (Å²) in [5.74, 6) is -4.39. The van der Waals surface area contributed by atoms with Crippen molar-refractivity contribution in [2.45, 2.75) is 10.3 Å². The molecule has 0 bridgehead atoms. The van der Waals surface area contributed by atoms with E-state index in [0.717, 1.165) is 6.07 Å². The Morgan fingerprint density at radius 1 is 0.833 bits per heavy atom. The largest absolute Gasteiger partial charge is 0.386 e. The van der Waals surface area contributed by atoms with Gasteiger partial charge < -0.3 is 16.0 Å². The predicted octanol–water partition coefficient (Wildman–Crippen LogP) is 7.75. The van der Waals surface area contributed by atoms with Crippen LogP contribution in [0.3, 0.4) is 0 Å². The lowest BCUT2D eigenvalue weighted by Gasteiger charge is -2.12. The Morgan fingerprint density at radius 3 is 2.17 bits per heavy atom. The molecule has 4 rings (SSSR count). The molecule has 0 radical (unpaired) electrons. The fourth-order valence-electron chi connectivity index (χ4n) is 3.80. The van der Waals surface area contributed by atoms with Crippen LogP contribution >= 0.6 is 58.0 Å². The van der Waals surface area contributed by atoms with Gasteiger partial charge in [0.1, 0.15) is 16.0 Å². The molecule has 2 atom stereocenters. The van der Waals surface area contributed by atoms with E-state index in [1.807, 2.05) is 0 Å². The summed E-state index contributed by atoms with van der Waals surface area (Å²) < 4.78 is 26.5. The number of halogens is 7. The zero-order valence-corrected chi connectivity index (χ0v) is 22.0. The average molecular weight is 594 g/mol. The number of benzene rings is 3. The van der Waals surface area contributed by atoms with E-state index in [0.29, 0.717) is 21.7 Å². The monoisotopic (exact) mass is 591 g/mol. The summed E-state index contributed by atoms with van der Waals surface area (Å²) in [6.45, 7) is 0. The third-order valence-electron chi connectivity index (χ3n) is 5.69. The normalized spacial score (nSPS) is 17.9. The Balaban J connectivity index is 1.52. The van der Waals surface area contributed by atoms with Crippen LogP contribution in [0.5, 0.6) is 0 Å². The molecule has 1 fully saturated rings. The van der Waals surface area contributed by atoms with Crippen LogP contribution < -0.4 is 16.0 Å². The molecule has 0 saturated heterocycles. The van der Waals surface area contributed by atoms with Crippen LogP contribution in [0, 0.1) is 17.6 Å². The van der Waals surface area contributed by atoms with Crippen molar-refractivity contribution in [1.29, 1.82) is 0 Å². The van der Waals surface area contributed by atoms with Crippen LogP contribution in [0.2, 0.25) is 15.1 Å². The van der Waals surface area contributed by atoms with Gasteiger partial charge in [0.15, 0.2) is 0 Å². The number of hydrogen-bond donors (Lipinski definition) is 3. The number of rotatable bonds is 6. The molecule has 0 spiro atoms. The van der Waals surface area contributed by atoms with Crippen LogP contribution in [0.4, 0.5) is 25.8 Å². The second kappa shape index (κ2) is 10.2. The number of amides is 2. The molecule has 3 aromatic carbocycles. The molecule has 36 heavy (non-hydrogen) atoms. The van der Waals surface area contributed by atoms with E-state index in [9.17, 15) is 18.4 Å². The second-order valence-electron chi connectivity index (χ2n) is 8.00. The van der Waals surface area contributed by atoms with Gasteiger partial charge in [0.05, 0.1) is 37.9 Å². The Kier molecular flexibility index (Phi) is 7.60. The molecule has 188 valence electrons. The topological polar surface area (TPSA) is 70.2 Å². The minimum atomic E-state index is -1.38. The highest BCUT2D eigenvalue weighted by Gasteiger charge is 2.67. The maximum absolute atomic E-state index is 14.2. The average Bonchev–Trinajstić information content (AvgIpc) is 3.40. The standard InChI is InChI=1S/C24H16Cl5F2N3O2/c1-32-18-9-19(17(31)8-16(18)30)34-22(35)12-7-11(3-5-13(12)25)33-23(36)21-20(24(21,28)29)10-2-4-14(26)15(27)6-10/h2-9,20-21,32H,1H3,(H,33,36)(H,34,35)/t20-,21+/m0/s1. The van der Waals surface area contributed by atoms with Crippen molar-refractivity contribution in [2.75, 3.05) is 23.0 Å². The molecule has 0 heterocycles. The fourth-order valence-corrected chi connectivity index (χ4v) is 5.13. The number of carbonyl (C=O) groups is 2. The van der Waals surface area contributed by atoms with E-state index in [2.05, 4.69) is 16.0 Å². The highest BCUT2D eigenvalue weighted by molar-refractivity contribution is 6.53. The van der Waals surface area contributed by atoms with Crippen molar-refractivity contribution in [1.82, 2.24) is 0 Å². The summed E-state index contributed by atoms with van der Waals surface area (Å²) in [5.41, 5.74) is 0.559. The summed E-state index contributed by atoms with van der Waals surface area (Å²) >= 11 is 31.0. The number of nitrogens with one attached hydrogen (secondary N) is 3. The fraction of sp³-hybridized carbons (Fsp3) is 0.167. The molecule has 1 aliphatic carbocycles. The molecule has 3 aromatic rings. The van der Waals surface area contributed by atoms with Crippen molar-refractivity contribution in [3.05, 3.63) is 86.4 Å². The van der Waals surface area contributed by atoms with Gasteiger partial charge in [-0.1, -0.05) is 40.9 Å². The Labute approximate surface area is 230 Å². The van der Waals surface area contributed by atoms with Gasteiger partial charge >= 0.3 is 0 Å². The first kappa shape index (κ1) is 26.8. The smallest absolute Gasteiger partial charge is 0.257 e. The lowest BCUT2D eigenvalue weighted by molar-refractivity contribution is -0.117. The zero-order chi connectivity index (χ0) is 26.4. The van der Waals surface area contributed by atoms with Crippen molar-refractivity contribution in [3.63, 3.8) is 0 Å². The quantitative estimate of drug-likeness (QED) is 0.256. The molecule has 2 amide bonds. The minimum Gasteiger partial charge on any atom is -0.386 e. The van der Waals surface area contributed by atoms with Crippen molar-refractivity contribution < 1.29 is 18.4 Å². The maximum atomic E-state index is 14.2. The van der Waals surface area contributed by atoms with Crippen molar-refractivity contribution in [2.24, 2.45) is 5.92 Å². The third kappa shape index (κ3) is 5.22. The molecule has 0 unspecified atom stereocenters. The SMILES string of the molecule is CNc1cc(NC(=O)c2cc(NC(=O)[C@H]3[C@H](c4ccc(Cl)c(Cl)c4)C3(Cl)Cl)ccc2Cl)c(F)cc1F. The summed E-state index contributed by atoms with van der Waals surface area (Å²) in [4.78, 5) is 25.8. The van der Waals surface area contributed by atoms with E-state index >= 15 is 0 Å². The van der Waals surface area contributed by atoms with Gasteiger partial charge in [0.25, 0.3) is 5.91 Å². The highest BCUT2D eigenvalue weighted by Crippen LogP contribution is 2.65. The third-order valence-corrected chi connectivity index (χ3v) is 7.70. The summed E-state index contributed by atoms with van der Waals surface area (Å²) in [6, 6.07) is 10.8. The van der Waals surface area contributed by atoms with Crippen molar-refractivity contribution >= 4 is 86.9 Å². The van der Waals surface area contributed by atoms with Gasteiger partial charge in [-0.15, -0.1) is 23.2 Å². The van der Waals surface area contributed by atoms with Gasteiger partial charge in [0, 0.05) is 24.7 Å². The first-order valence-corrected chi connectivity index (χ1v) is 12.2. The number of alkyl halides is 2. The predicted molar refractivity (Wildman–Crippen MR) is 141 cm³/mol. The van der Waals surface area contributed by atoms with Gasteiger partial charge in [0.2, 0.25) is 5.91 Å². The van der Waals surface area contributed by atoms with Gasteiger partial charge in [-0.2, -0.15) is 0 Å². The summed E-state index contributed by atoms with van der Waals surface area (Å²) in [5, 5.41) is 8.29.